The standard InChI is InChI=1S/C6H7BF2N2O2/c8-5(9)4-1-3(7(12)13)2-11-6(4)10/h1-2,5,12-13H,(H2,10,11). The molecule has 0 fully saturated rings. The van der Waals surface area contributed by atoms with Gasteiger partial charge in [0.05, 0.1) is 5.56 Å². The third-order valence-electron chi connectivity index (χ3n) is 1.50. The summed E-state index contributed by atoms with van der Waals surface area (Å²) in [5, 5.41) is 17.3. The Morgan fingerprint density at radius 2 is 2.08 bits per heavy atom. The summed E-state index contributed by atoms with van der Waals surface area (Å²) in [6.07, 6.45) is -1.74. The summed E-state index contributed by atoms with van der Waals surface area (Å²) in [6.45, 7) is 0. The van der Waals surface area contributed by atoms with Crippen molar-refractivity contribution in [2.24, 2.45) is 0 Å². The van der Waals surface area contributed by atoms with Crippen molar-refractivity contribution in [3.63, 3.8) is 0 Å². The van der Waals surface area contributed by atoms with Crippen LogP contribution in [-0.4, -0.2) is 22.2 Å². The van der Waals surface area contributed by atoms with E-state index in [0.717, 1.165) is 12.3 Å². The van der Waals surface area contributed by atoms with Gasteiger partial charge >= 0.3 is 7.12 Å². The molecule has 1 rings (SSSR count). The fraction of sp³-hybridized carbons (Fsp3) is 0.167. The molecular formula is C6H7BF2N2O2. The van der Waals surface area contributed by atoms with E-state index in [2.05, 4.69) is 4.98 Å². The first-order valence-corrected chi connectivity index (χ1v) is 3.42. The second-order valence-electron chi connectivity index (χ2n) is 2.42. The molecule has 0 amide bonds. The summed E-state index contributed by atoms with van der Waals surface area (Å²) in [5.74, 6) is -0.306. The Labute approximate surface area is 73.2 Å². The molecule has 0 spiro atoms. The number of aromatic nitrogens is 1. The van der Waals surface area contributed by atoms with Crippen LogP contribution in [0, 0.1) is 0 Å². The second-order valence-corrected chi connectivity index (χ2v) is 2.42. The van der Waals surface area contributed by atoms with Gasteiger partial charge in [-0.05, 0) is 6.07 Å². The van der Waals surface area contributed by atoms with Crippen LogP contribution in [-0.2, 0) is 0 Å². The molecule has 0 aliphatic rings. The van der Waals surface area contributed by atoms with Crippen LogP contribution < -0.4 is 11.2 Å². The van der Waals surface area contributed by atoms with Gasteiger partial charge in [-0.3, -0.25) is 0 Å². The monoisotopic (exact) mass is 188 g/mol. The second kappa shape index (κ2) is 3.67. The molecular weight excluding hydrogens is 181 g/mol. The average Bonchev–Trinajstić information content (AvgIpc) is 2.04. The van der Waals surface area contributed by atoms with Crippen molar-refractivity contribution in [3.05, 3.63) is 17.8 Å². The van der Waals surface area contributed by atoms with E-state index in [1.165, 1.54) is 0 Å². The molecule has 1 aromatic rings. The quantitative estimate of drug-likeness (QED) is 0.535. The Kier molecular flexibility index (Phi) is 2.79. The zero-order chi connectivity index (χ0) is 10.0. The van der Waals surface area contributed by atoms with E-state index in [-0.39, 0.29) is 11.3 Å². The number of nitrogens with zero attached hydrogens (tertiary/aromatic N) is 1. The van der Waals surface area contributed by atoms with E-state index < -0.39 is 19.1 Å². The Bertz CT molecular complexity index is 309. The minimum atomic E-state index is -2.77. The molecule has 0 aliphatic heterocycles. The maximum atomic E-state index is 12.2. The molecule has 0 bridgehead atoms. The lowest BCUT2D eigenvalue weighted by atomic mass is 9.81. The lowest BCUT2D eigenvalue weighted by Gasteiger charge is -2.05. The fourth-order valence-electron chi connectivity index (χ4n) is 0.825. The van der Waals surface area contributed by atoms with Crippen molar-refractivity contribution in [1.29, 1.82) is 0 Å². The predicted octanol–water partition coefficient (Wildman–Crippen LogP) is -0.719. The maximum absolute atomic E-state index is 12.2. The van der Waals surface area contributed by atoms with Gasteiger partial charge in [-0.2, -0.15) is 0 Å². The first kappa shape index (κ1) is 9.88. The largest absolute Gasteiger partial charge is 0.490 e. The third-order valence-corrected chi connectivity index (χ3v) is 1.50. The van der Waals surface area contributed by atoms with Gasteiger partial charge in [-0.1, -0.05) is 0 Å². The normalized spacial score (nSPS) is 10.5. The number of rotatable bonds is 2. The Morgan fingerprint density at radius 3 is 2.54 bits per heavy atom. The molecule has 0 atom stereocenters. The van der Waals surface area contributed by atoms with Crippen LogP contribution in [0.4, 0.5) is 14.6 Å². The molecule has 4 N–H and O–H groups in total. The molecule has 0 unspecified atom stereocenters. The fourth-order valence-corrected chi connectivity index (χ4v) is 0.825. The first-order chi connectivity index (χ1) is 6.02. The van der Waals surface area contributed by atoms with Crippen LogP contribution in [0.2, 0.25) is 0 Å². The Hall–Kier alpha value is -1.21. The van der Waals surface area contributed by atoms with Gasteiger partial charge in [-0.25, -0.2) is 13.8 Å². The van der Waals surface area contributed by atoms with Crippen LogP contribution in [0.3, 0.4) is 0 Å². The molecule has 13 heavy (non-hydrogen) atoms. The summed E-state index contributed by atoms with van der Waals surface area (Å²) in [7, 11) is -1.81. The highest BCUT2D eigenvalue weighted by atomic mass is 19.3. The highest BCUT2D eigenvalue weighted by molar-refractivity contribution is 6.58. The number of anilines is 1. The van der Waals surface area contributed by atoms with E-state index >= 15 is 0 Å². The zero-order valence-electron chi connectivity index (χ0n) is 6.48. The van der Waals surface area contributed by atoms with E-state index in [1.54, 1.807) is 0 Å². The molecule has 0 aromatic carbocycles. The lowest BCUT2D eigenvalue weighted by molar-refractivity contribution is 0.152. The van der Waals surface area contributed by atoms with Crippen molar-refractivity contribution in [3.8, 4) is 0 Å². The molecule has 0 aliphatic carbocycles. The topological polar surface area (TPSA) is 79.4 Å². The predicted molar refractivity (Wildman–Crippen MR) is 43.4 cm³/mol. The number of alkyl halides is 2. The SMILES string of the molecule is Nc1ncc(B(O)O)cc1C(F)F. The highest BCUT2D eigenvalue weighted by Crippen LogP contribution is 2.21. The number of nitrogen functional groups attached to an aromatic ring is 1. The minimum Gasteiger partial charge on any atom is -0.423 e. The number of halogens is 2. The van der Waals surface area contributed by atoms with Crippen molar-refractivity contribution >= 4 is 18.4 Å². The maximum Gasteiger partial charge on any atom is 0.490 e. The molecule has 70 valence electrons. The van der Waals surface area contributed by atoms with Gasteiger partial charge < -0.3 is 15.8 Å². The van der Waals surface area contributed by atoms with Gasteiger partial charge in [0, 0.05) is 11.7 Å². The van der Waals surface area contributed by atoms with Gasteiger partial charge in [0.2, 0.25) is 0 Å². The highest BCUT2D eigenvalue weighted by Gasteiger charge is 2.18. The number of pyridine rings is 1. The molecule has 0 saturated carbocycles. The van der Waals surface area contributed by atoms with Gasteiger partial charge in [0.15, 0.2) is 0 Å². The summed E-state index contributed by atoms with van der Waals surface area (Å²) in [4.78, 5) is 3.40. The summed E-state index contributed by atoms with van der Waals surface area (Å²) in [6, 6.07) is 0.914. The zero-order valence-corrected chi connectivity index (χ0v) is 6.48. The number of nitrogens with two attached hydrogens (primary N) is 1. The van der Waals surface area contributed by atoms with Crippen LogP contribution in [0.25, 0.3) is 0 Å². The van der Waals surface area contributed by atoms with Crippen LogP contribution in [0.15, 0.2) is 12.3 Å². The lowest BCUT2D eigenvalue weighted by Crippen LogP contribution is -2.31. The smallest absolute Gasteiger partial charge is 0.423 e. The van der Waals surface area contributed by atoms with E-state index in [1.807, 2.05) is 0 Å². The Balaban J connectivity index is 3.11. The van der Waals surface area contributed by atoms with E-state index in [4.69, 9.17) is 15.8 Å². The van der Waals surface area contributed by atoms with Crippen LogP contribution in [0.1, 0.15) is 12.0 Å². The molecule has 4 nitrogen and oxygen atoms in total. The molecule has 1 heterocycles. The third kappa shape index (κ3) is 2.13. The van der Waals surface area contributed by atoms with Crippen molar-refractivity contribution in [2.75, 3.05) is 5.73 Å². The molecule has 0 radical (unpaired) electrons. The Morgan fingerprint density at radius 1 is 1.46 bits per heavy atom. The van der Waals surface area contributed by atoms with Crippen molar-refractivity contribution < 1.29 is 18.8 Å². The molecule has 7 heteroatoms. The summed E-state index contributed by atoms with van der Waals surface area (Å²) in [5.41, 5.74) is 4.53. The first-order valence-electron chi connectivity index (χ1n) is 3.42. The van der Waals surface area contributed by atoms with Crippen LogP contribution >= 0.6 is 0 Å². The number of hydrogen-bond acceptors (Lipinski definition) is 4. The van der Waals surface area contributed by atoms with Gasteiger partial charge in [0.25, 0.3) is 6.43 Å². The van der Waals surface area contributed by atoms with Gasteiger partial charge in [-0.15, -0.1) is 0 Å². The minimum absolute atomic E-state index is 0.107. The average molecular weight is 188 g/mol. The summed E-state index contributed by atoms with van der Waals surface area (Å²) >= 11 is 0. The van der Waals surface area contributed by atoms with Crippen molar-refractivity contribution in [2.45, 2.75) is 6.43 Å². The summed E-state index contributed by atoms with van der Waals surface area (Å²) < 4.78 is 24.4. The van der Waals surface area contributed by atoms with Gasteiger partial charge in [0.1, 0.15) is 5.82 Å². The van der Waals surface area contributed by atoms with E-state index in [9.17, 15) is 8.78 Å². The van der Waals surface area contributed by atoms with Crippen LogP contribution in [0.5, 0.6) is 0 Å². The molecule has 1 aromatic heterocycles. The van der Waals surface area contributed by atoms with E-state index in [0.29, 0.717) is 0 Å². The molecule has 0 saturated heterocycles. The van der Waals surface area contributed by atoms with Crippen molar-refractivity contribution in [1.82, 2.24) is 4.98 Å². The number of hydrogen-bond donors (Lipinski definition) is 3.